The highest BCUT2D eigenvalue weighted by Gasteiger charge is 2.20. The van der Waals surface area contributed by atoms with E-state index in [0.29, 0.717) is 27.3 Å². The molecule has 0 aliphatic heterocycles. The summed E-state index contributed by atoms with van der Waals surface area (Å²) in [5.41, 5.74) is 2.95. The second-order valence-electron chi connectivity index (χ2n) is 6.93. The molecule has 1 amide bonds. The van der Waals surface area contributed by atoms with Crippen molar-refractivity contribution in [3.63, 3.8) is 0 Å². The fraction of sp³-hybridized carbons (Fsp3) is 0.0870. The number of anilines is 1. The number of para-hydroxylation sites is 1. The van der Waals surface area contributed by atoms with Crippen molar-refractivity contribution < 1.29 is 9.90 Å². The van der Waals surface area contributed by atoms with Crippen LogP contribution in [0.3, 0.4) is 0 Å². The summed E-state index contributed by atoms with van der Waals surface area (Å²) in [5.74, 6) is 0.503. The maximum atomic E-state index is 12.6. The van der Waals surface area contributed by atoms with E-state index in [2.05, 4.69) is 31.4 Å². The van der Waals surface area contributed by atoms with Crippen LogP contribution < -0.4 is 5.32 Å². The number of phenolic OH excluding ortho intramolecular Hbond substituents is 1. The minimum Gasteiger partial charge on any atom is -0.507 e. The minimum absolute atomic E-state index is 0.0866. The zero-order valence-corrected chi connectivity index (χ0v) is 20.1. The highest BCUT2D eigenvalue weighted by atomic mass is 79.9. The molecule has 32 heavy (non-hydrogen) atoms. The number of nitrogens with one attached hydrogen (secondary N) is 1. The lowest BCUT2D eigenvalue weighted by Gasteiger charge is -2.12. The molecule has 0 saturated carbocycles. The van der Waals surface area contributed by atoms with Crippen LogP contribution in [0.1, 0.15) is 5.56 Å². The number of nitrogens with zero attached hydrogens (tertiary/aromatic N) is 3. The van der Waals surface area contributed by atoms with E-state index in [0.717, 1.165) is 15.7 Å². The van der Waals surface area contributed by atoms with Crippen molar-refractivity contribution in [2.75, 3.05) is 11.1 Å². The molecule has 162 valence electrons. The average molecular weight is 530 g/mol. The first-order valence-corrected chi connectivity index (χ1v) is 11.8. The van der Waals surface area contributed by atoms with E-state index in [1.807, 2.05) is 47.9 Å². The minimum atomic E-state index is -0.185. The summed E-state index contributed by atoms with van der Waals surface area (Å²) >= 11 is 10.7. The van der Waals surface area contributed by atoms with Gasteiger partial charge in [-0.05, 0) is 55.0 Å². The fourth-order valence-electron chi connectivity index (χ4n) is 3.08. The molecular weight excluding hydrogens is 512 g/mol. The number of rotatable bonds is 6. The number of carbonyl (C=O) groups excluding carboxylic acids is 1. The van der Waals surface area contributed by atoms with Crippen molar-refractivity contribution in [3.05, 3.63) is 81.8 Å². The van der Waals surface area contributed by atoms with Crippen molar-refractivity contribution in [2.45, 2.75) is 12.1 Å². The first-order chi connectivity index (χ1) is 15.4. The summed E-state index contributed by atoms with van der Waals surface area (Å²) in [6, 6.07) is 20.0. The Hall–Kier alpha value is -2.81. The molecule has 0 aliphatic rings. The highest BCUT2D eigenvalue weighted by Crippen LogP contribution is 2.34. The average Bonchev–Trinajstić information content (AvgIpc) is 3.21. The maximum Gasteiger partial charge on any atom is 0.234 e. The number of halogens is 2. The van der Waals surface area contributed by atoms with Gasteiger partial charge < -0.3 is 10.4 Å². The molecule has 4 rings (SSSR count). The number of aromatic nitrogens is 3. The van der Waals surface area contributed by atoms with Crippen molar-refractivity contribution in [2.24, 2.45) is 0 Å². The molecule has 6 nitrogen and oxygen atoms in total. The van der Waals surface area contributed by atoms with Crippen LogP contribution in [0.5, 0.6) is 5.75 Å². The quantitative estimate of drug-likeness (QED) is 0.295. The molecule has 1 aromatic heterocycles. The number of benzene rings is 3. The Balaban J connectivity index is 1.63. The number of carbonyl (C=O) groups is 1. The Bertz CT molecular complexity index is 1280. The van der Waals surface area contributed by atoms with Gasteiger partial charge in [-0.25, -0.2) is 0 Å². The van der Waals surface area contributed by atoms with Gasteiger partial charge in [0.25, 0.3) is 0 Å². The Morgan fingerprint density at radius 2 is 1.91 bits per heavy atom. The van der Waals surface area contributed by atoms with Gasteiger partial charge in [0, 0.05) is 20.9 Å². The Kier molecular flexibility index (Phi) is 6.83. The highest BCUT2D eigenvalue weighted by molar-refractivity contribution is 9.10. The van der Waals surface area contributed by atoms with E-state index in [4.69, 9.17) is 11.6 Å². The van der Waals surface area contributed by atoms with Gasteiger partial charge in [-0.15, -0.1) is 10.2 Å². The molecule has 0 saturated heterocycles. The number of hydrogen-bond acceptors (Lipinski definition) is 5. The van der Waals surface area contributed by atoms with E-state index in [-0.39, 0.29) is 17.4 Å². The van der Waals surface area contributed by atoms with Gasteiger partial charge in [-0.2, -0.15) is 0 Å². The second kappa shape index (κ2) is 9.77. The summed E-state index contributed by atoms with van der Waals surface area (Å²) in [5, 5.41) is 23.0. The molecule has 4 aromatic rings. The van der Waals surface area contributed by atoms with E-state index in [9.17, 15) is 9.90 Å². The van der Waals surface area contributed by atoms with E-state index in [1.165, 1.54) is 11.8 Å². The molecule has 0 atom stereocenters. The van der Waals surface area contributed by atoms with Crippen molar-refractivity contribution >= 4 is 50.9 Å². The lowest BCUT2D eigenvalue weighted by atomic mass is 10.2. The van der Waals surface area contributed by atoms with Crippen LogP contribution in [0.25, 0.3) is 17.1 Å². The molecule has 0 unspecified atom stereocenters. The second-order valence-corrected chi connectivity index (χ2v) is 9.23. The lowest BCUT2D eigenvalue weighted by molar-refractivity contribution is -0.113. The SMILES string of the molecule is Cc1ccc(Cl)cc1NC(=O)CSc1nnc(-c2cc(Br)ccc2O)n1-c1ccccc1. The fourth-order valence-corrected chi connectivity index (χ4v) is 4.37. The van der Waals surface area contributed by atoms with Gasteiger partial charge >= 0.3 is 0 Å². The predicted octanol–water partition coefficient (Wildman–Crippen LogP) is 6.10. The van der Waals surface area contributed by atoms with Crippen molar-refractivity contribution in [3.8, 4) is 22.8 Å². The molecule has 3 aromatic carbocycles. The monoisotopic (exact) mass is 528 g/mol. The number of hydrogen-bond donors (Lipinski definition) is 2. The summed E-state index contributed by atoms with van der Waals surface area (Å²) in [6.45, 7) is 1.90. The topological polar surface area (TPSA) is 80.0 Å². The zero-order chi connectivity index (χ0) is 22.7. The Morgan fingerprint density at radius 3 is 2.69 bits per heavy atom. The number of aryl methyl sites for hydroxylation is 1. The van der Waals surface area contributed by atoms with Gasteiger partial charge in [0.1, 0.15) is 5.75 Å². The van der Waals surface area contributed by atoms with Crippen LogP contribution >= 0.6 is 39.3 Å². The van der Waals surface area contributed by atoms with Crippen LogP contribution in [0, 0.1) is 6.92 Å². The zero-order valence-electron chi connectivity index (χ0n) is 16.9. The van der Waals surface area contributed by atoms with Gasteiger partial charge in [0.05, 0.1) is 11.3 Å². The van der Waals surface area contributed by atoms with Crippen LogP contribution in [0.4, 0.5) is 5.69 Å². The third-order valence-electron chi connectivity index (χ3n) is 4.65. The van der Waals surface area contributed by atoms with Crippen LogP contribution in [-0.2, 0) is 4.79 Å². The molecule has 0 aliphatic carbocycles. The first kappa shape index (κ1) is 22.4. The molecule has 0 radical (unpaired) electrons. The number of thioether (sulfide) groups is 1. The number of aromatic hydroxyl groups is 1. The third kappa shape index (κ3) is 4.98. The largest absolute Gasteiger partial charge is 0.507 e. The normalized spacial score (nSPS) is 10.8. The van der Waals surface area contributed by atoms with E-state index >= 15 is 0 Å². The molecular formula is C23H18BrClN4O2S. The van der Waals surface area contributed by atoms with Gasteiger partial charge in [0.2, 0.25) is 5.91 Å². The standard InChI is InChI=1S/C23H18BrClN4O2S/c1-14-7-9-16(25)12-19(14)26-21(31)13-32-23-28-27-22(18-11-15(24)8-10-20(18)30)29(23)17-5-3-2-4-6-17/h2-12,30H,13H2,1H3,(H,26,31). The number of phenols is 1. The van der Waals surface area contributed by atoms with Crippen molar-refractivity contribution in [1.82, 2.24) is 14.8 Å². The summed E-state index contributed by atoms with van der Waals surface area (Å²) in [6.07, 6.45) is 0. The number of amides is 1. The van der Waals surface area contributed by atoms with E-state index < -0.39 is 0 Å². The van der Waals surface area contributed by atoms with Crippen LogP contribution in [-0.4, -0.2) is 31.5 Å². The summed E-state index contributed by atoms with van der Waals surface area (Å²) in [7, 11) is 0. The summed E-state index contributed by atoms with van der Waals surface area (Å²) < 4.78 is 2.63. The molecule has 2 N–H and O–H groups in total. The van der Waals surface area contributed by atoms with E-state index in [1.54, 1.807) is 30.3 Å². The van der Waals surface area contributed by atoms with Gasteiger partial charge in [0.15, 0.2) is 11.0 Å². The predicted molar refractivity (Wildman–Crippen MR) is 132 cm³/mol. The van der Waals surface area contributed by atoms with Crippen molar-refractivity contribution in [1.29, 1.82) is 0 Å². The maximum absolute atomic E-state index is 12.6. The molecule has 1 heterocycles. The van der Waals surface area contributed by atoms with Crippen LogP contribution in [0.15, 0.2) is 76.4 Å². The Morgan fingerprint density at radius 1 is 1.12 bits per heavy atom. The molecule has 0 spiro atoms. The Labute approximate surface area is 202 Å². The lowest BCUT2D eigenvalue weighted by Crippen LogP contribution is -2.15. The van der Waals surface area contributed by atoms with Gasteiger partial charge in [-0.1, -0.05) is 63.6 Å². The molecule has 9 heteroatoms. The van der Waals surface area contributed by atoms with Crippen LogP contribution in [0.2, 0.25) is 5.02 Å². The third-order valence-corrected chi connectivity index (χ3v) is 6.31. The first-order valence-electron chi connectivity index (χ1n) is 9.61. The summed E-state index contributed by atoms with van der Waals surface area (Å²) in [4.78, 5) is 12.6. The van der Waals surface area contributed by atoms with Gasteiger partial charge in [-0.3, -0.25) is 9.36 Å². The smallest absolute Gasteiger partial charge is 0.234 e. The molecule has 0 bridgehead atoms. The molecule has 0 fully saturated rings.